The zero-order chi connectivity index (χ0) is 14.5. The summed E-state index contributed by atoms with van der Waals surface area (Å²) in [6.07, 6.45) is 0.159. The number of hydrogen-bond donors (Lipinski definition) is 1. The summed E-state index contributed by atoms with van der Waals surface area (Å²) in [6, 6.07) is 14.4. The lowest BCUT2D eigenvalue weighted by atomic mass is 9.97. The third-order valence-electron chi connectivity index (χ3n) is 3.36. The number of aliphatic hydroxyl groups excluding tert-OH is 1. The molecule has 0 aromatic heterocycles. The zero-order valence-corrected chi connectivity index (χ0v) is 12.4. The van der Waals surface area contributed by atoms with E-state index < -0.39 is 6.10 Å². The van der Waals surface area contributed by atoms with Gasteiger partial charge >= 0.3 is 0 Å². The van der Waals surface area contributed by atoms with E-state index in [2.05, 4.69) is 32.0 Å². The molecule has 0 spiro atoms. The summed E-state index contributed by atoms with van der Waals surface area (Å²) in [7, 11) is 1.68. The minimum atomic E-state index is -0.479. The predicted octanol–water partition coefficient (Wildman–Crippen LogP) is 3.73. The van der Waals surface area contributed by atoms with Crippen LogP contribution >= 0.6 is 0 Å². The van der Waals surface area contributed by atoms with Crippen LogP contribution in [0.3, 0.4) is 0 Å². The molecule has 1 unspecified atom stereocenters. The van der Waals surface area contributed by atoms with Crippen molar-refractivity contribution < 1.29 is 9.84 Å². The molecule has 1 N–H and O–H groups in total. The number of aliphatic hydroxyl groups is 1. The Morgan fingerprint density at radius 2 is 1.70 bits per heavy atom. The zero-order valence-electron chi connectivity index (χ0n) is 12.4. The van der Waals surface area contributed by atoms with Gasteiger partial charge in [-0.2, -0.15) is 0 Å². The van der Waals surface area contributed by atoms with Crippen molar-refractivity contribution in [3.8, 4) is 0 Å². The number of rotatable bonds is 5. The summed E-state index contributed by atoms with van der Waals surface area (Å²) in [5.74, 6) is 0. The topological polar surface area (TPSA) is 29.5 Å². The predicted molar refractivity (Wildman–Crippen MR) is 81.7 cm³/mol. The smallest absolute Gasteiger partial charge is 0.0830 e. The molecule has 0 heterocycles. The molecule has 1 atom stereocenters. The van der Waals surface area contributed by atoms with Crippen LogP contribution in [-0.4, -0.2) is 12.2 Å². The van der Waals surface area contributed by atoms with Crippen LogP contribution in [0.15, 0.2) is 42.5 Å². The fourth-order valence-electron chi connectivity index (χ4n) is 2.58. The number of benzene rings is 2. The van der Waals surface area contributed by atoms with Crippen LogP contribution in [0.1, 0.15) is 33.9 Å². The molecule has 2 aromatic carbocycles. The van der Waals surface area contributed by atoms with Crippen molar-refractivity contribution >= 4 is 0 Å². The van der Waals surface area contributed by atoms with E-state index in [1.54, 1.807) is 7.11 Å². The van der Waals surface area contributed by atoms with Gasteiger partial charge in [-0.15, -0.1) is 0 Å². The molecule has 0 saturated carbocycles. The highest BCUT2D eigenvalue weighted by Crippen LogP contribution is 2.21. The Balaban J connectivity index is 2.14. The summed E-state index contributed by atoms with van der Waals surface area (Å²) in [5.41, 5.74) is 5.68. The minimum Gasteiger partial charge on any atom is -0.388 e. The third kappa shape index (κ3) is 3.92. The van der Waals surface area contributed by atoms with E-state index in [0.29, 0.717) is 13.0 Å². The summed E-state index contributed by atoms with van der Waals surface area (Å²) in [5, 5.41) is 10.4. The van der Waals surface area contributed by atoms with Crippen molar-refractivity contribution in [2.45, 2.75) is 33.0 Å². The van der Waals surface area contributed by atoms with E-state index in [-0.39, 0.29) is 0 Å². The Hall–Kier alpha value is -1.64. The quantitative estimate of drug-likeness (QED) is 0.897. The maximum Gasteiger partial charge on any atom is 0.0830 e. The lowest BCUT2D eigenvalue weighted by Gasteiger charge is -2.13. The molecule has 0 radical (unpaired) electrons. The van der Waals surface area contributed by atoms with Gasteiger partial charge in [0.25, 0.3) is 0 Å². The Labute approximate surface area is 121 Å². The first kappa shape index (κ1) is 14.8. The van der Waals surface area contributed by atoms with E-state index in [0.717, 1.165) is 11.1 Å². The van der Waals surface area contributed by atoms with Crippen LogP contribution < -0.4 is 0 Å². The highest BCUT2D eigenvalue weighted by Gasteiger charge is 2.10. The maximum absolute atomic E-state index is 10.4. The van der Waals surface area contributed by atoms with Crippen LogP contribution in [0.4, 0.5) is 0 Å². The highest BCUT2D eigenvalue weighted by atomic mass is 16.5. The molecule has 106 valence electrons. The van der Waals surface area contributed by atoms with Crippen molar-refractivity contribution in [1.29, 1.82) is 0 Å². The van der Waals surface area contributed by atoms with Crippen molar-refractivity contribution in [1.82, 2.24) is 0 Å². The van der Waals surface area contributed by atoms with Gasteiger partial charge in [0.05, 0.1) is 12.7 Å². The van der Waals surface area contributed by atoms with Crippen molar-refractivity contribution in [3.63, 3.8) is 0 Å². The van der Waals surface area contributed by atoms with Gasteiger partial charge in [-0.25, -0.2) is 0 Å². The number of hydrogen-bond acceptors (Lipinski definition) is 2. The summed E-state index contributed by atoms with van der Waals surface area (Å²) in [4.78, 5) is 0. The number of ether oxygens (including phenoxy) is 1. The number of aryl methyl sites for hydroxylation is 2. The molecule has 2 nitrogen and oxygen atoms in total. The summed E-state index contributed by atoms with van der Waals surface area (Å²) >= 11 is 0. The van der Waals surface area contributed by atoms with Gasteiger partial charge < -0.3 is 9.84 Å². The SMILES string of the molecule is COCc1cccc(C(O)Cc2cc(C)cc(C)c2)c1. The monoisotopic (exact) mass is 270 g/mol. The third-order valence-corrected chi connectivity index (χ3v) is 3.36. The second-order valence-electron chi connectivity index (χ2n) is 5.39. The Bertz CT molecular complexity index is 555. The maximum atomic E-state index is 10.4. The second-order valence-corrected chi connectivity index (χ2v) is 5.39. The molecular formula is C18H22O2. The van der Waals surface area contributed by atoms with Crippen LogP contribution in [0, 0.1) is 13.8 Å². The molecule has 0 aliphatic rings. The van der Waals surface area contributed by atoms with E-state index in [1.807, 2.05) is 24.3 Å². The molecule has 0 bridgehead atoms. The lowest BCUT2D eigenvalue weighted by Crippen LogP contribution is -2.03. The minimum absolute atomic E-state index is 0.479. The largest absolute Gasteiger partial charge is 0.388 e. The van der Waals surface area contributed by atoms with Gasteiger partial charge in [0.2, 0.25) is 0 Å². The van der Waals surface area contributed by atoms with Gasteiger partial charge in [-0.1, -0.05) is 53.6 Å². The van der Waals surface area contributed by atoms with Crippen LogP contribution in [-0.2, 0) is 17.8 Å². The standard InChI is InChI=1S/C18H22O2/c1-13-7-14(2)9-16(8-13)11-18(19)17-6-4-5-15(10-17)12-20-3/h4-10,18-19H,11-12H2,1-3H3. The lowest BCUT2D eigenvalue weighted by molar-refractivity contribution is 0.175. The molecule has 0 aliphatic carbocycles. The normalized spacial score (nSPS) is 12.4. The fraction of sp³-hybridized carbons (Fsp3) is 0.333. The van der Waals surface area contributed by atoms with E-state index in [9.17, 15) is 5.11 Å². The Morgan fingerprint density at radius 3 is 2.35 bits per heavy atom. The molecule has 0 saturated heterocycles. The molecule has 2 rings (SSSR count). The average molecular weight is 270 g/mol. The van der Waals surface area contributed by atoms with Crippen LogP contribution in [0.5, 0.6) is 0 Å². The van der Waals surface area contributed by atoms with Gasteiger partial charge in [0.15, 0.2) is 0 Å². The summed E-state index contributed by atoms with van der Waals surface area (Å²) in [6.45, 7) is 4.74. The molecule has 0 fully saturated rings. The van der Waals surface area contributed by atoms with Crippen LogP contribution in [0.2, 0.25) is 0 Å². The molecule has 2 heteroatoms. The van der Waals surface area contributed by atoms with Crippen molar-refractivity contribution in [2.24, 2.45) is 0 Å². The Kier molecular flexibility index (Phi) is 4.94. The van der Waals surface area contributed by atoms with Crippen LogP contribution in [0.25, 0.3) is 0 Å². The first-order chi connectivity index (χ1) is 9.58. The van der Waals surface area contributed by atoms with E-state index in [4.69, 9.17) is 4.74 Å². The first-order valence-corrected chi connectivity index (χ1v) is 6.91. The van der Waals surface area contributed by atoms with Gasteiger partial charge in [0.1, 0.15) is 0 Å². The Morgan fingerprint density at radius 1 is 1.00 bits per heavy atom. The van der Waals surface area contributed by atoms with E-state index in [1.165, 1.54) is 16.7 Å². The van der Waals surface area contributed by atoms with Gasteiger partial charge in [0, 0.05) is 13.5 Å². The van der Waals surface area contributed by atoms with Crippen molar-refractivity contribution in [3.05, 3.63) is 70.3 Å². The van der Waals surface area contributed by atoms with Crippen molar-refractivity contribution in [2.75, 3.05) is 7.11 Å². The van der Waals surface area contributed by atoms with E-state index >= 15 is 0 Å². The summed E-state index contributed by atoms with van der Waals surface area (Å²) < 4.78 is 5.13. The molecule has 0 aliphatic heterocycles. The number of methoxy groups -OCH3 is 1. The van der Waals surface area contributed by atoms with Gasteiger partial charge in [-0.05, 0) is 30.5 Å². The molecule has 2 aromatic rings. The molecular weight excluding hydrogens is 248 g/mol. The fourth-order valence-corrected chi connectivity index (χ4v) is 2.58. The van der Waals surface area contributed by atoms with Gasteiger partial charge in [-0.3, -0.25) is 0 Å². The second kappa shape index (κ2) is 6.69. The first-order valence-electron chi connectivity index (χ1n) is 6.91. The highest BCUT2D eigenvalue weighted by molar-refractivity contribution is 5.31. The molecule has 0 amide bonds. The molecule has 20 heavy (non-hydrogen) atoms. The average Bonchev–Trinajstić information content (AvgIpc) is 2.38.